The van der Waals surface area contributed by atoms with Gasteiger partial charge in [-0.25, -0.2) is 13.2 Å². The molecule has 292 valence electrons. The molecular formula is C39H63N5O7S. The van der Waals surface area contributed by atoms with Crippen molar-refractivity contribution in [2.24, 2.45) is 16.7 Å². The molecule has 1 heterocycles. The van der Waals surface area contributed by atoms with Crippen LogP contribution in [0.2, 0.25) is 0 Å². The first kappa shape index (κ1) is 41.6. The quantitative estimate of drug-likeness (QED) is 0.153. The fourth-order valence-electron chi connectivity index (χ4n) is 9.12. The summed E-state index contributed by atoms with van der Waals surface area (Å²) >= 11 is 0. The summed E-state index contributed by atoms with van der Waals surface area (Å²) in [6.45, 7) is 13.6. The van der Waals surface area contributed by atoms with Gasteiger partial charge in [0, 0.05) is 19.5 Å². The second-order valence-electron chi connectivity index (χ2n) is 18.0. The summed E-state index contributed by atoms with van der Waals surface area (Å²) in [5.41, 5.74) is -3.13. The van der Waals surface area contributed by atoms with Crippen LogP contribution in [0.4, 0.5) is 4.79 Å². The zero-order valence-electron chi connectivity index (χ0n) is 32.5. The van der Waals surface area contributed by atoms with Gasteiger partial charge in [-0.15, -0.1) is 12.3 Å². The van der Waals surface area contributed by atoms with Crippen LogP contribution in [0.5, 0.6) is 0 Å². The number of Topliss-reactive ketones (excluding diaryl/α,β-unsaturated/α-hetero) is 1. The molecule has 52 heavy (non-hydrogen) atoms. The van der Waals surface area contributed by atoms with Crippen LogP contribution in [0.1, 0.15) is 138 Å². The van der Waals surface area contributed by atoms with Crippen LogP contribution in [0.15, 0.2) is 0 Å². The molecule has 4 aliphatic rings. The molecule has 3 unspecified atom stereocenters. The van der Waals surface area contributed by atoms with E-state index in [1.807, 2.05) is 13.8 Å². The van der Waals surface area contributed by atoms with Crippen molar-refractivity contribution in [1.82, 2.24) is 26.2 Å². The predicted octanol–water partition coefficient (Wildman–Crippen LogP) is 4.16. The summed E-state index contributed by atoms with van der Waals surface area (Å²) in [6.07, 6.45) is 13.9. The highest BCUT2D eigenvalue weighted by molar-refractivity contribution is 7.92. The van der Waals surface area contributed by atoms with E-state index in [1.54, 1.807) is 25.7 Å². The molecule has 4 rings (SSSR count). The monoisotopic (exact) mass is 745 g/mol. The molecule has 2 bridgehead atoms. The summed E-state index contributed by atoms with van der Waals surface area (Å²) in [7, 11) is -3.58. The maximum Gasteiger partial charge on any atom is 0.315 e. The second-order valence-corrected chi connectivity index (χ2v) is 20.8. The van der Waals surface area contributed by atoms with Crippen molar-refractivity contribution in [3.63, 3.8) is 0 Å². The van der Waals surface area contributed by atoms with Gasteiger partial charge < -0.3 is 26.2 Å². The average molecular weight is 746 g/mol. The molecule has 0 aromatic rings. The number of piperidine rings is 1. The van der Waals surface area contributed by atoms with Gasteiger partial charge in [0.05, 0.1) is 22.1 Å². The number of urea groups is 1. The Hall–Kier alpha value is -3.14. The molecule has 4 N–H and O–H groups in total. The number of likely N-dealkylation sites (tertiary alicyclic amines) is 1. The summed E-state index contributed by atoms with van der Waals surface area (Å²) in [5.74, 6) is -0.132. The zero-order valence-corrected chi connectivity index (χ0v) is 33.4. The number of nitrogens with zero attached hydrogens (tertiary/aromatic N) is 1. The van der Waals surface area contributed by atoms with Gasteiger partial charge in [-0.2, -0.15) is 0 Å². The highest BCUT2D eigenvalue weighted by Crippen LogP contribution is 2.57. The third-order valence-corrected chi connectivity index (χ3v) is 15.4. The number of fused-ring (bicyclic) bond motifs is 2. The molecule has 1 aliphatic heterocycles. The van der Waals surface area contributed by atoms with Crippen molar-refractivity contribution in [2.45, 2.75) is 166 Å². The summed E-state index contributed by atoms with van der Waals surface area (Å²) < 4.78 is 25.9. The number of sulfone groups is 1. The first-order chi connectivity index (χ1) is 24.2. The van der Waals surface area contributed by atoms with Crippen molar-refractivity contribution in [3.8, 4) is 12.3 Å². The number of rotatable bonds is 14. The lowest BCUT2D eigenvalue weighted by molar-refractivity contribution is -0.152. The highest BCUT2D eigenvalue weighted by Gasteiger charge is 2.65. The Balaban J connectivity index is 1.64. The van der Waals surface area contributed by atoms with Gasteiger partial charge in [-0.3, -0.25) is 19.2 Å². The van der Waals surface area contributed by atoms with Crippen LogP contribution in [0, 0.1) is 29.1 Å². The first-order valence-electron chi connectivity index (χ1n) is 19.3. The predicted molar refractivity (Wildman–Crippen MR) is 201 cm³/mol. The molecule has 0 aromatic carbocycles. The summed E-state index contributed by atoms with van der Waals surface area (Å²) in [4.78, 5) is 71.1. The van der Waals surface area contributed by atoms with E-state index < -0.39 is 66.8 Å². The number of terminal acetylenes is 1. The van der Waals surface area contributed by atoms with Crippen LogP contribution >= 0.6 is 0 Å². The lowest BCUT2D eigenvalue weighted by Crippen LogP contribution is -2.67. The van der Waals surface area contributed by atoms with Gasteiger partial charge in [0.2, 0.25) is 17.6 Å². The smallest absolute Gasteiger partial charge is 0.315 e. The minimum Gasteiger partial charge on any atom is -0.349 e. The normalized spacial score (nSPS) is 25.7. The van der Waals surface area contributed by atoms with E-state index in [1.165, 1.54) is 0 Å². The fraction of sp³-hybridized carbons (Fsp3) is 0.821. The Bertz CT molecular complexity index is 1530. The molecular weight excluding hydrogens is 683 g/mol. The lowest BCUT2D eigenvalue weighted by Gasteiger charge is -2.46. The van der Waals surface area contributed by atoms with Crippen molar-refractivity contribution >= 4 is 39.4 Å². The molecule has 4 atom stereocenters. The molecule has 0 spiro atoms. The SMILES string of the molecule is C#CCCC(NC(=O)C12CC(CN1C(=O)[C@@H](NC(=O)NC1(CS(=O)(=O)C(C)(C)C)CCCCC1)C1(C)CCCC1)C(C)(C)C2)C(=O)C(=O)NCCC. The van der Waals surface area contributed by atoms with Gasteiger partial charge in [-0.05, 0) is 88.9 Å². The van der Waals surface area contributed by atoms with E-state index >= 15 is 0 Å². The van der Waals surface area contributed by atoms with Crippen LogP contribution in [0.25, 0.3) is 0 Å². The minimum atomic E-state index is -3.58. The van der Waals surface area contributed by atoms with E-state index in [2.05, 4.69) is 41.0 Å². The molecule has 13 heteroatoms. The van der Waals surface area contributed by atoms with Crippen LogP contribution in [-0.4, -0.2) is 89.6 Å². The second kappa shape index (κ2) is 15.7. The van der Waals surface area contributed by atoms with Gasteiger partial charge in [-0.1, -0.05) is 59.8 Å². The minimum absolute atomic E-state index is 0.00566. The molecule has 4 fully saturated rings. The van der Waals surface area contributed by atoms with Gasteiger partial charge in [0.25, 0.3) is 5.91 Å². The molecule has 1 saturated heterocycles. The molecule has 12 nitrogen and oxygen atoms in total. The summed E-state index contributed by atoms with van der Waals surface area (Å²) in [5, 5.41) is 11.5. The van der Waals surface area contributed by atoms with E-state index in [9.17, 15) is 32.4 Å². The van der Waals surface area contributed by atoms with Crippen molar-refractivity contribution in [3.05, 3.63) is 0 Å². The van der Waals surface area contributed by atoms with E-state index in [4.69, 9.17) is 6.42 Å². The van der Waals surface area contributed by atoms with Gasteiger partial charge in [0.15, 0.2) is 9.84 Å². The van der Waals surface area contributed by atoms with E-state index in [0.717, 1.165) is 32.1 Å². The van der Waals surface area contributed by atoms with Gasteiger partial charge in [0.1, 0.15) is 11.6 Å². The fourth-order valence-corrected chi connectivity index (χ4v) is 10.6. The number of ketones is 1. The van der Waals surface area contributed by atoms with Crippen LogP contribution < -0.4 is 21.3 Å². The molecule has 0 aromatic heterocycles. The first-order valence-corrected chi connectivity index (χ1v) is 21.0. The Morgan fingerprint density at radius 2 is 1.56 bits per heavy atom. The van der Waals surface area contributed by atoms with Gasteiger partial charge >= 0.3 is 6.03 Å². The third-order valence-electron chi connectivity index (χ3n) is 12.6. The number of nitrogens with one attached hydrogen (secondary N) is 4. The maximum absolute atomic E-state index is 15.0. The van der Waals surface area contributed by atoms with E-state index in [-0.39, 0.29) is 35.8 Å². The molecule has 5 amide bonds. The van der Waals surface area contributed by atoms with Crippen molar-refractivity contribution in [2.75, 3.05) is 18.8 Å². The Morgan fingerprint density at radius 1 is 0.942 bits per heavy atom. The van der Waals surface area contributed by atoms with E-state index in [0.29, 0.717) is 58.0 Å². The Labute approximate surface area is 311 Å². The standard InChI is InChI=1S/C39H63N5O7S/c1-9-11-17-28(29(45)31(46)40-22-10-2)41-33(48)39-23-27(36(6,7)25-39)24-44(39)32(47)30(37(8)18-15-16-19-37)42-34(49)43-38(20-13-12-14-21-38)26-52(50,51)35(3,4)5/h1,27-28,30H,10-26H2,2-8H3,(H,40,46)(H,41,48)(H2,42,43,49)/t27?,28?,30-,39?/m1/s1. The van der Waals surface area contributed by atoms with Crippen LogP contribution in [-0.2, 0) is 29.0 Å². The van der Waals surface area contributed by atoms with Crippen LogP contribution in [0.3, 0.4) is 0 Å². The van der Waals surface area contributed by atoms with Crippen molar-refractivity contribution < 1.29 is 32.4 Å². The molecule has 3 aliphatic carbocycles. The third kappa shape index (κ3) is 8.63. The Morgan fingerprint density at radius 3 is 2.12 bits per heavy atom. The molecule has 3 saturated carbocycles. The number of amides is 5. The number of hydrogen-bond donors (Lipinski definition) is 4. The largest absolute Gasteiger partial charge is 0.349 e. The average Bonchev–Trinajstić information content (AvgIpc) is 3.75. The molecule has 0 radical (unpaired) electrons. The lowest BCUT2D eigenvalue weighted by atomic mass is 9.76. The Kier molecular flexibility index (Phi) is 12.6. The topological polar surface area (TPSA) is 171 Å². The maximum atomic E-state index is 15.0. The van der Waals surface area contributed by atoms with Crippen molar-refractivity contribution in [1.29, 1.82) is 0 Å². The number of carbonyl (C=O) groups is 5. The zero-order chi connectivity index (χ0) is 38.8. The number of carbonyl (C=O) groups excluding carboxylic acids is 5. The number of hydrogen-bond acceptors (Lipinski definition) is 7. The summed E-state index contributed by atoms with van der Waals surface area (Å²) in [6, 6.07) is -2.71. The highest BCUT2D eigenvalue weighted by atomic mass is 32.2.